The highest BCUT2D eigenvalue weighted by atomic mass is 79.9. The molecule has 0 saturated carbocycles. The van der Waals surface area contributed by atoms with Gasteiger partial charge in [-0.15, -0.1) is 0 Å². The smallest absolute Gasteiger partial charge is 0.228 e. The maximum Gasteiger partial charge on any atom is 0.228 e. The van der Waals surface area contributed by atoms with E-state index in [1.54, 1.807) is 0 Å². The molecule has 0 amide bonds. The monoisotopic (exact) mass is 295 g/mol. The van der Waals surface area contributed by atoms with Crippen LogP contribution in [-0.2, 0) is 6.42 Å². The molecule has 2 aromatic rings. The standard InChI is InChI=1S/C12H14BrN3O/c1-2-14-7-6-11-15-12(16-17-11)9-4-3-5-10(13)8-9/h3-5,8,14H,2,6-7H2,1H3. The molecule has 1 aromatic heterocycles. The molecule has 4 nitrogen and oxygen atoms in total. The van der Waals surface area contributed by atoms with E-state index in [1.807, 2.05) is 24.3 Å². The molecule has 0 aliphatic carbocycles. The quantitative estimate of drug-likeness (QED) is 0.862. The number of nitrogens with one attached hydrogen (secondary N) is 1. The molecule has 0 fully saturated rings. The highest BCUT2D eigenvalue weighted by molar-refractivity contribution is 9.10. The topological polar surface area (TPSA) is 51.0 Å². The van der Waals surface area contributed by atoms with Crippen molar-refractivity contribution >= 4 is 15.9 Å². The van der Waals surface area contributed by atoms with Crippen LogP contribution in [0.5, 0.6) is 0 Å². The van der Waals surface area contributed by atoms with Crippen LogP contribution in [0.3, 0.4) is 0 Å². The van der Waals surface area contributed by atoms with Crippen LogP contribution >= 0.6 is 15.9 Å². The third-order valence-corrected chi connectivity index (χ3v) is 2.81. The lowest BCUT2D eigenvalue weighted by Gasteiger charge is -1.95. The average Bonchev–Trinajstić information content (AvgIpc) is 2.78. The summed E-state index contributed by atoms with van der Waals surface area (Å²) < 4.78 is 6.20. The van der Waals surface area contributed by atoms with E-state index in [-0.39, 0.29) is 0 Å². The highest BCUT2D eigenvalue weighted by Gasteiger charge is 2.08. The van der Waals surface area contributed by atoms with Gasteiger partial charge in [0, 0.05) is 23.0 Å². The molecule has 0 spiro atoms. The molecule has 17 heavy (non-hydrogen) atoms. The van der Waals surface area contributed by atoms with Crippen LogP contribution in [0.1, 0.15) is 12.8 Å². The van der Waals surface area contributed by atoms with Gasteiger partial charge in [-0.1, -0.05) is 40.1 Å². The second kappa shape index (κ2) is 5.93. The lowest BCUT2D eigenvalue weighted by Crippen LogP contribution is -2.16. The number of hydrogen-bond donors (Lipinski definition) is 1. The van der Waals surface area contributed by atoms with Crippen molar-refractivity contribution in [2.75, 3.05) is 13.1 Å². The largest absolute Gasteiger partial charge is 0.339 e. The zero-order chi connectivity index (χ0) is 12.1. The maximum absolute atomic E-state index is 5.19. The molecule has 0 saturated heterocycles. The van der Waals surface area contributed by atoms with Gasteiger partial charge in [-0.25, -0.2) is 0 Å². The SMILES string of the molecule is CCNCCc1nc(-c2cccc(Br)c2)no1. The van der Waals surface area contributed by atoms with Crippen LogP contribution in [0.15, 0.2) is 33.3 Å². The molecule has 2 rings (SSSR count). The molecule has 0 aliphatic heterocycles. The summed E-state index contributed by atoms with van der Waals surface area (Å²) in [5.74, 6) is 1.30. The van der Waals surface area contributed by atoms with Gasteiger partial charge >= 0.3 is 0 Å². The Morgan fingerprint density at radius 3 is 3.06 bits per heavy atom. The molecule has 1 aromatic carbocycles. The Hall–Kier alpha value is -1.20. The number of aromatic nitrogens is 2. The van der Waals surface area contributed by atoms with Crippen LogP contribution in [0.2, 0.25) is 0 Å². The first-order chi connectivity index (χ1) is 8.29. The summed E-state index contributed by atoms with van der Waals surface area (Å²) in [6.45, 7) is 3.88. The van der Waals surface area contributed by atoms with Crippen molar-refractivity contribution in [3.05, 3.63) is 34.6 Å². The second-order valence-corrected chi connectivity index (χ2v) is 4.54. The van der Waals surface area contributed by atoms with Crippen LogP contribution in [0, 0.1) is 0 Å². The highest BCUT2D eigenvalue weighted by Crippen LogP contribution is 2.20. The number of likely N-dealkylation sites (N-methyl/N-ethyl adjacent to an activating group) is 1. The van der Waals surface area contributed by atoms with E-state index in [9.17, 15) is 0 Å². The fourth-order valence-electron chi connectivity index (χ4n) is 1.47. The van der Waals surface area contributed by atoms with E-state index in [0.29, 0.717) is 11.7 Å². The number of halogens is 1. The first-order valence-corrected chi connectivity index (χ1v) is 6.38. The normalized spacial score (nSPS) is 10.7. The minimum absolute atomic E-state index is 0.637. The van der Waals surface area contributed by atoms with Crippen molar-refractivity contribution in [2.45, 2.75) is 13.3 Å². The Balaban J connectivity index is 2.07. The third kappa shape index (κ3) is 3.38. The van der Waals surface area contributed by atoms with Crippen LogP contribution in [0.25, 0.3) is 11.4 Å². The second-order valence-electron chi connectivity index (χ2n) is 3.63. The molecule has 1 heterocycles. The fourth-order valence-corrected chi connectivity index (χ4v) is 1.87. The van der Waals surface area contributed by atoms with Crippen molar-refractivity contribution in [2.24, 2.45) is 0 Å². The van der Waals surface area contributed by atoms with Crippen molar-refractivity contribution in [3.8, 4) is 11.4 Å². The molecular weight excluding hydrogens is 282 g/mol. The lowest BCUT2D eigenvalue weighted by atomic mass is 10.2. The van der Waals surface area contributed by atoms with Crippen LogP contribution < -0.4 is 5.32 Å². The summed E-state index contributed by atoms with van der Waals surface area (Å²) in [5, 5.41) is 7.19. The van der Waals surface area contributed by atoms with Crippen LogP contribution in [-0.4, -0.2) is 23.2 Å². The van der Waals surface area contributed by atoms with Gasteiger partial charge in [0.05, 0.1) is 0 Å². The predicted molar refractivity (Wildman–Crippen MR) is 69.7 cm³/mol. The molecule has 0 aliphatic rings. The summed E-state index contributed by atoms with van der Waals surface area (Å²) in [4.78, 5) is 4.35. The Labute approximate surface area is 109 Å². The van der Waals surface area contributed by atoms with Gasteiger partial charge in [-0.05, 0) is 18.7 Å². The number of benzene rings is 1. The fraction of sp³-hybridized carbons (Fsp3) is 0.333. The van der Waals surface area contributed by atoms with Gasteiger partial charge in [-0.3, -0.25) is 0 Å². The van der Waals surface area contributed by atoms with Gasteiger partial charge in [0.15, 0.2) is 0 Å². The average molecular weight is 296 g/mol. The summed E-state index contributed by atoms with van der Waals surface area (Å²) in [6, 6.07) is 7.85. The predicted octanol–water partition coefficient (Wildman–Crippen LogP) is 2.65. The molecule has 5 heteroatoms. The van der Waals surface area contributed by atoms with Gasteiger partial charge < -0.3 is 9.84 Å². The van der Waals surface area contributed by atoms with E-state index < -0.39 is 0 Å². The lowest BCUT2D eigenvalue weighted by molar-refractivity contribution is 0.377. The molecule has 0 unspecified atom stereocenters. The van der Waals surface area contributed by atoms with Gasteiger partial charge in [-0.2, -0.15) is 4.98 Å². The Bertz CT molecular complexity index is 484. The van der Waals surface area contributed by atoms with Gasteiger partial charge in [0.2, 0.25) is 11.7 Å². The molecule has 0 bridgehead atoms. The van der Waals surface area contributed by atoms with E-state index >= 15 is 0 Å². The van der Waals surface area contributed by atoms with E-state index in [2.05, 4.69) is 38.3 Å². The molecule has 90 valence electrons. The van der Waals surface area contributed by atoms with E-state index in [4.69, 9.17) is 4.52 Å². The molecular formula is C12H14BrN3O. The molecule has 0 radical (unpaired) electrons. The van der Waals surface area contributed by atoms with Crippen LogP contribution in [0.4, 0.5) is 0 Å². The minimum atomic E-state index is 0.637. The zero-order valence-corrected chi connectivity index (χ0v) is 11.2. The Kier molecular flexibility index (Phi) is 4.28. The summed E-state index contributed by atoms with van der Waals surface area (Å²) in [7, 11) is 0. The number of hydrogen-bond acceptors (Lipinski definition) is 4. The van der Waals surface area contributed by atoms with Gasteiger partial charge in [0.25, 0.3) is 0 Å². The summed E-state index contributed by atoms with van der Waals surface area (Å²) in [6.07, 6.45) is 0.759. The van der Waals surface area contributed by atoms with Crippen molar-refractivity contribution in [3.63, 3.8) is 0 Å². The summed E-state index contributed by atoms with van der Waals surface area (Å²) in [5.41, 5.74) is 0.956. The van der Waals surface area contributed by atoms with Gasteiger partial charge in [0.1, 0.15) is 0 Å². The van der Waals surface area contributed by atoms with Crippen molar-refractivity contribution < 1.29 is 4.52 Å². The van der Waals surface area contributed by atoms with E-state index in [1.165, 1.54) is 0 Å². The number of rotatable bonds is 5. The zero-order valence-electron chi connectivity index (χ0n) is 9.61. The third-order valence-electron chi connectivity index (χ3n) is 2.32. The van der Waals surface area contributed by atoms with Crippen molar-refractivity contribution in [1.82, 2.24) is 15.5 Å². The first kappa shape index (κ1) is 12.3. The maximum atomic E-state index is 5.19. The summed E-state index contributed by atoms with van der Waals surface area (Å²) >= 11 is 3.42. The van der Waals surface area contributed by atoms with E-state index in [0.717, 1.165) is 29.5 Å². The molecule has 1 N–H and O–H groups in total. The Morgan fingerprint density at radius 2 is 2.29 bits per heavy atom. The number of nitrogens with zero attached hydrogens (tertiary/aromatic N) is 2. The van der Waals surface area contributed by atoms with Crippen molar-refractivity contribution in [1.29, 1.82) is 0 Å². The molecule has 0 atom stereocenters. The minimum Gasteiger partial charge on any atom is -0.339 e. The Morgan fingerprint density at radius 1 is 1.41 bits per heavy atom. The first-order valence-electron chi connectivity index (χ1n) is 5.59.